The van der Waals surface area contributed by atoms with Gasteiger partial charge in [0, 0.05) is 5.57 Å². The van der Waals surface area contributed by atoms with Crippen molar-refractivity contribution in [3.8, 4) is 0 Å². The highest BCUT2D eigenvalue weighted by Gasteiger charge is 2.29. The maximum Gasteiger partial charge on any atom is 0.412 e. The minimum Gasteiger partial charge on any atom is -0.167 e. The van der Waals surface area contributed by atoms with Crippen molar-refractivity contribution in [2.75, 3.05) is 0 Å². The Kier molecular flexibility index (Phi) is 3.63. The van der Waals surface area contributed by atoms with Crippen molar-refractivity contribution in [3.05, 3.63) is 11.6 Å². The van der Waals surface area contributed by atoms with Crippen LogP contribution in [0.25, 0.3) is 0 Å². The molecule has 0 radical (unpaired) electrons. The Morgan fingerprint density at radius 2 is 1.91 bits per heavy atom. The van der Waals surface area contributed by atoms with Gasteiger partial charge < -0.3 is 0 Å². The molecule has 0 aromatic rings. The van der Waals surface area contributed by atoms with E-state index in [1.165, 1.54) is 6.08 Å². The number of hydrogen-bond donors (Lipinski definition) is 0. The maximum atomic E-state index is 11.9. The van der Waals surface area contributed by atoms with Gasteiger partial charge in [-0.05, 0) is 12.8 Å². The first-order valence-electron chi connectivity index (χ1n) is 3.63. The monoisotopic (exact) mass is 166 g/mol. The highest BCUT2D eigenvalue weighted by molar-refractivity contribution is 5.06. The second-order valence-corrected chi connectivity index (χ2v) is 2.73. The molecule has 0 aromatic heterocycles. The Morgan fingerprint density at radius 1 is 1.45 bits per heavy atom. The molecule has 0 aliphatic rings. The third-order valence-corrected chi connectivity index (χ3v) is 1.63. The second kappa shape index (κ2) is 3.79. The number of allylic oxidation sites excluding steroid dienone is 2. The molecule has 0 nitrogen and oxygen atoms in total. The molecule has 1 unspecified atom stereocenters. The molecule has 0 heterocycles. The molecule has 11 heavy (non-hydrogen) atoms. The molecule has 1 atom stereocenters. The smallest absolute Gasteiger partial charge is 0.167 e. The average molecular weight is 166 g/mol. The van der Waals surface area contributed by atoms with Crippen LogP contribution in [0.2, 0.25) is 0 Å². The van der Waals surface area contributed by atoms with Crippen LogP contribution in [0.5, 0.6) is 0 Å². The Hall–Kier alpha value is -0.470. The fraction of sp³-hybridized carbons (Fsp3) is 0.750. The van der Waals surface area contributed by atoms with E-state index >= 15 is 0 Å². The summed E-state index contributed by atoms with van der Waals surface area (Å²) >= 11 is 0. The summed E-state index contributed by atoms with van der Waals surface area (Å²) in [5.41, 5.74) is -0.494. The van der Waals surface area contributed by atoms with E-state index in [0.717, 1.165) is 13.3 Å². The van der Waals surface area contributed by atoms with Crippen molar-refractivity contribution in [1.82, 2.24) is 0 Å². The fourth-order valence-corrected chi connectivity index (χ4v) is 0.639. The first-order chi connectivity index (χ1) is 4.88. The number of alkyl halides is 3. The first kappa shape index (κ1) is 10.5. The normalized spacial score (nSPS) is 16.7. The summed E-state index contributed by atoms with van der Waals surface area (Å²) in [6, 6.07) is 0. The average Bonchev–Trinajstić information content (AvgIpc) is 1.85. The Balaban J connectivity index is 4.22. The summed E-state index contributed by atoms with van der Waals surface area (Å²) in [6.07, 6.45) is -2.14. The summed E-state index contributed by atoms with van der Waals surface area (Å²) in [5, 5.41) is 0. The van der Waals surface area contributed by atoms with Crippen LogP contribution in [0.3, 0.4) is 0 Å². The molecule has 3 heteroatoms. The van der Waals surface area contributed by atoms with E-state index in [-0.39, 0.29) is 5.92 Å². The van der Waals surface area contributed by atoms with Crippen LogP contribution < -0.4 is 0 Å². The molecule has 0 aliphatic heterocycles. The van der Waals surface area contributed by atoms with Gasteiger partial charge in [0.15, 0.2) is 0 Å². The number of halogens is 3. The Labute approximate surface area is 65.1 Å². The van der Waals surface area contributed by atoms with Crippen molar-refractivity contribution in [2.45, 2.75) is 33.4 Å². The zero-order chi connectivity index (χ0) is 9.07. The van der Waals surface area contributed by atoms with E-state index in [9.17, 15) is 13.2 Å². The van der Waals surface area contributed by atoms with E-state index in [2.05, 4.69) is 0 Å². The highest BCUT2D eigenvalue weighted by Crippen LogP contribution is 2.26. The van der Waals surface area contributed by atoms with Gasteiger partial charge in [-0.2, -0.15) is 13.2 Å². The molecule has 0 saturated carbocycles. The predicted octanol–water partition coefficient (Wildman–Crippen LogP) is 3.54. The summed E-state index contributed by atoms with van der Waals surface area (Å²) in [5.74, 6) is 0.0108. The lowest BCUT2D eigenvalue weighted by Gasteiger charge is -2.08. The van der Waals surface area contributed by atoms with Crippen LogP contribution in [0.1, 0.15) is 27.2 Å². The van der Waals surface area contributed by atoms with E-state index in [0.29, 0.717) is 0 Å². The number of rotatable bonds is 2. The van der Waals surface area contributed by atoms with Crippen LogP contribution in [-0.2, 0) is 0 Å². The molecule has 66 valence electrons. The lowest BCUT2D eigenvalue weighted by molar-refractivity contribution is -0.0918. The second-order valence-electron chi connectivity index (χ2n) is 2.73. The Bertz CT molecular complexity index is 144. The molecule has 0 amide bonds. The zero-order valence-corrected chi connectivity index (χ0v) is 7.00. The van der Waals surface area contributed by atoms with Crippen LogP contribution in [0.4, 0.5) is 13.2 Å². The topological polar surface area (TPSA) is 0 Å². The third-order valence-electron chi connectivity index (χ3n) is 1.63. The van der Waals surface area contributed by atoms with Gasteiger partial charge in [0.1, 0.15) is 0 Å². The van der Waals surface area contributed by atoms with Gasteiger partial charge in [-0.3, -0.25) is 0 Å². The van der Waals surface area contributed by atoms with E-state index in [4.69, 9.17) is 0 Å². The van der Waals surface area contributed by atoms with Gasteiger partial charge in [0.2, 0.25) is 0 Å². The van der Waals surface area contributed by atoms with Crippen LogP contribution in [0.15, 0.2) is 11.6 Å². The molecule has 0 aliphatic carbocycles. The summed E-state index contributed by atoms with van der Waals surface area (Å²) < 4.78 is 35.6. The summed E-state index contributed by atoms with van der Waals surface area (Å²) in [7, 11) is 0. The number of hydrogen-bond acceptors (Lipinski definition) is 0. The molecule has 0 saturated heterocycles. The van der Waals surface area contributed by atoms with Gasteiger partial charge in [-0.1, -0.05) is 26.3 Å². The van der Waals surface area contributed by atoms with Gasteiger partial charge in [-0.25, -0.2) is 0 Å². The molecular weight excluding hydrogens is 153 g/mol. The molecule has 0 rings (SSSR count). The lowest BCUT2D eigenvalue weighted by atomic mass is 10.1. The molecule has 0 spiro atoms. The summed E-state index contributed by atoms with van der Waals surface area (Å²) in [6.45, 7) is 4.74. The molecule has 0 bridgehead atoms. The van der Waals surface area contributed by atoms with Crippen LogP contribution in [0, 0.1) is 5.92 Å². The molecule has 0 N–H and O–H groups in total. The molecule has 0 fully saturated rings. The fourth-order valence-electron chi connectivity index (χ4n) is 0.639. The quantitative estimate of drug-likeness (QED) is 0.550. The van der Waals surface area contributed by atoms with Gasteiger partial charge in [-0.15, -0.1) is 0 Å². The first-order valence-corrected chi connectivity index (χ1v) is 3.63. The van der Waals surface area contributed by atoms with E-state index in [1.54, 1.807) is 6.92 Å². The van der Waals surface area contributed by atoms with Crippen molar-refractivity contribution >= 4 is 0 Å². The predicted molar refractivity (Wildman–Crippen MR) is 39.3 cm³/mol. The minimum absolute atomic E-state index is 0.0108. The third kappa shape index (κ3) is 4.06. The van der Waals surface area contributed by atoms with Crippen LogP contribution in [-0.4, -0.2) is 6.18 Å². The maximum absolute atomic E-state index is 11.9. The van der Waals surface area contributed by atoms with Crippen LogP contribution >= 0.6 is 0 Å². The van der Waals surface area contributed by atoms with Crippen molar-refractivity contribution < 1.29 is 13.2 Å². The lowest BCUT2D eigenvalue weighted by Crippen LogP contribution is -2.09. The zero-order valence-electron chi connectivity index (χ0n) is 7.00. The van der Waals surface area contributed by atoms with Crippen molar-refractivity contribution in [1.29, 1.82) is 0 Å². The van der Waals surface area contributed by atoms with Crippen molar-refractivity contribution in [3.63, 3.8) is 0 Å². The standard InChI is InChI=1S/C8H13F3/c1-4-6(2)5-7(3)8(9,10)11/h5-6H,4H2,1-3H3/b7-5+. The summed E-state index contributed by atoms with van der Waals surface area (Å²) in [4.78, 5) is 0. The van der Waals surface area contributed by atoms with E-state index in [1.807, 2.05) is 6.92 Å². The SMILES string of the molecule is CCC(C)/C=C(\C)C(F)(F)F. The van der Waals surface area contributed by atoms with Gasteiger partial charge in [0.05, 0.1) is 0 Å². The van der Waals surface area contributed by atoms with Gasteiger partial charge in [0.25, 0.3) is 0 Å². The minimum atomic E-state index is -4.15. The molecule has 0 aromatic carbocycles. The van der Waals surface area contributed by atoms with E-state index < -0.39 is 11.7 Å². The van der Waals surface area contributed by atoms with Gasteiger partial charge >= 0.3 is 6.18 Å². The largest absolute Gasteiger partial charge is 0.412 e. The molecular formula is C8H13F3. The van der Waals surface area contributed by atoms with Crippen molar-refractivity contribution in [2.24, 2.45) is 5.92 Å². The highest BCUT2D eigenvalue weighted by atomic mass is 19.4. The Morgan fingerprint density at radius 3 is 2.18 bits per heavy atom.